The van der Waals surface area contributed by atoms with E-state index in [0.29, 0.717) is 24.8 Å². The van der Waals surface area contributed by atoms with Crippen molar-refractivity contribution in [1.29, 1.82) is 0 Å². The molecule has 17 heavy (non-hydrogen) atoms. The fourth-order valence-corrected chi connectivity index (χ4v) is 1.35. The van der Waals surface area contributed by atoms with Gasteiger partial charge in [-0.3, -0.25) is 9.97 Å². The topological polar surface area (TPSA) is 59.9 Å². The van der Waals surface area contributed by atoms with E-state index in [2.05, 4.69) is 20.3 Å². The van der Waals surface area contributed by atoms with Crippen LogP contribution in [-0.2, 0) is 6.54 Å². The van der Waals surface area contributed by atoms with Crippen LogP contribution in [0.2, 0.25) is 0 Å². The standard InChI is InChI=1S/C12H14N4O/c1-2-17-12-9-14-8-11(16-12)15-7-10-4-3-5-13-6-10/h3-6,8-9H,2,7H2,1H3,(H,15,16). The molecule has 2 aromatic rings. The molecule has 0 amide bonds. The zero-order chi connectivity index (χ0) is 11.9. The molecular formula is C12H14N4O. The first-order chi connectivity index (χ1) is 8.38. The second-order valence-electron chi connectivity index (χ2n) is 3.39. The van der Waals surface area contributed by atoms with Crippen LogP contribution in [0.3, 0.4) is 0 Å². The van der Waals surface area contributed by atoms with Crippen LogP contribution >= 0.6 is 0 Å². The van der Waals surface area contributed by atoms with Crippen molar-refractivity contribution in [2.24, 2.45) is 0 Å². The highest BCUT2D eigenvalue weighted by Crippen LogP contribution is 2.09. The fourth-order valence-electron chi connectivity index (χ4n) is 1.35. The van der Waals surface area contributed by atoms with Gasteiger partial charge in [-0.05, 0) is 18.6 Å². The highest BCUT2D eigenvalue weighted by Gasteiger charge is 1.99. The summed E-state index contributed by atoms with van der Waals surface area (Å²) in [5.41, 5.74) is 1.09. The zero-order valence-corrected chi connectivity index (χ0v) is 9.63. The molecule has 2 aromatic heterocycles. The lowest BCUT2D eigenvalue weighted by molar-refractivity contribution is 0.325. The molecule has 0 aliphatic rings. The van der Waals surface area contributed by atoms with Crippen molar-refractivity contribution >= 4 is 5.82 Å². The van der Waals surface area contributed by atoms with Gasteiger partial charge in [-0.2, -0.15) is 4.98 Å². The van der Waals surface area contributed by atoms with Gasteiger partial charge in [-0.25, -0.2) is 0 Å². The van der Waals surface area contributed by atoms with E-state index >= 15 is 0 Å². The number of aromatic nitrogens is 3. The molecule has 5 nitrogen and oxygen atoms in total. The van der Waals surface area contributed by atoms with Crippen LogP contribution in [0.25, 0.3) is 0 Å². The number of anilines is 1. The highest BCUT2D eigenvalue weighted by atomic mass is 16.5. The summed E-state index contributed by atoms with van der Waals surface area (Å²) >= 11 is 0. The molecule has 88 valence electrons. The van der Waals surface area contributed by atoms with E-state index in [4.69, 9.17) is 4.74 Å². The van der Waals surface area contributed by atoms with Crippen molar-refractivity contribution in [1.82, 2.24) is 15.0 Å². The molecule has 2 heterocycles. The van der Waals surface area contributed by atoms with Gasteiger partial charge in [0, 0.05) is 18.9 Å². The molecule has 0 spiro atoms. The summed E-state index contributed by atoms with van der Waals surface area (Å²) < 4.78 is 5.27. The average Bonchev–Trinajstić information content (AvgIpc) is 2.39. The van der Waals surface area contributed by atoms with Crippen LogP contribution in [0, 0.1) is 0 Å². The van der Waals surface area contributed by atoms with Gasteiger partial charge in [-0.1, -0.05) is 6.07 Å². The molecule has 0 aliphatic carbocycles. The molecule has 0 bridgehead atoms. The largest absolute Gasteiger partial charge is 0.477 e. The predicted octanol–water partition coefficient (Wildman–Crippen LogP) is 1.88. The van der Waals surface area contributed by atoms with Crippen LogP contribution in [0.1, 0.15) is 12.5 Å². The Morgan fingerprint density at radius 3 is 2.94 bits per heavy atom. The van der Waals surface area contributed by atoms with Crippen molar-refractivity contribution in [3.05, 3.63) is 42.5 Å². The minimum absolute atomic E-state index is 0.531. The Morgan fingerprint density at radius 2 is 2.18 bits per heavy atom. The third-order valence-corrected chi connectivity index (χ3v) is 2.10. The highest BCUT2D eigenvalue weighted by molar-refractivity contribution is 5.34. The predicted molar refractivity (Wildman–Crippen MR) is 64.8 cm³/mol. The second kappa shape index (κ2) is 5.79. The van der Waals surface area contributed by atoms with Gasteiger partial charge in [0.2, 0.25) is 5.88 Å². The van der Waals surface area contributed by atoms with E-state index in [1.807, 2.05) is 25.3 Å². The average molecular weight is 230 g/mol. The molecule has 1 N–H and O–H groups in total. The lowest BCUT2D eigenvalue weighted by atomic mass is 10.3. The number of hydrogen-bond donors (Lipinski definition) is 1. The molecule has 0 saturated carbocycles. The lowest BCUT2D eigenvalue weighted by Gasteiger charge is -2.06. The molecule has 5 heteroatoms. The van der Waals surface area contributed by atoms with Crippen molar-refractivity contribution in [2.75, 3.05) is 11.9 Å². The van der Waals surface area contributed by atoms with Gasteiger partial charge in [0.05, 0.1) is 19.0 Å². The summed E-state index contributed by atoms with van der Waals surface area (Å²) in [6, 6.07) is 3.90. The lowest BCUT2D eigenvalue weighted by Crippen LogP contribution is -2.03. The normalized spacial score (nSPS) is 9.94. The Bertz CT molecular complexity index is 461. The van der Waals surface area contributed by atoms with Gasteiger partial charge in [0.15, 0.2) is 0 Å². The second-order valence-corrected chi connectivity index (χ2v) is 3.39. The summed E-state index contributed by atoms with van der Waals surface area (Å²) in [6.07, 6.45) is 6.82. The Hall–Kier alpha value is -2.17. The summed E-state index contributed by atoms with van der Waals surface area (Å²) in [6.45, 7) is 3.16. The van der Waals surface area contributed by atoms with Crippen LogP contribution < -0.4 is 10.1 Å². The van der Waals surface area contributed by atoms with Gasteiger partial charge in [0.1, 0.15) is 5.82 Å². The molecule has 0 aromatic carbocycles. The van der Waals surface area contributed by atoms with Gasteiger partial charge >= 0.3 is 0 Å². The minimum Gasteiger partial charge on any atom is -0.477 e. The molecule has 0 fully saturated rings. The Morgan fingerprint density at radius 1 is 1.24 bits per heavy atom. The van der Waals surface area contributed by atoms with Crippen LogP contribution in [0.5, 0.6) is 5.88 Å². The smallest absolute Gasteiger partial charge is 0.234 e. The molecule has 0 unspecified atom stereocenters. The van der Waals surface area contributed by atoms with E-state index < -0.39 is 0 Å². The zero-order valence-electron chi connectivity index (χ0n) is 9.63. The number of nitrogens with one attached hydrogen (secondary N) is 1. The van der Waals surface area contributed by atoms with Crippen molar-refractivity contribution in [2.45, 2.75) is 13.5 Å². The number of nitrogens with zero attached hydrogens (tertiary/aromatic N) is 3. The van der Waals surface area contributed by atoms with Crippen LogP contribution in [0.15, 0.2) is 36.9 Å². The molecule has 2 rings (SSSR count). The number of pyridine rings is 1. The number of rotatable bonds is 5. The maximum Gasteiger partial charge on any atom is 0.234 e. The fraction of sp³-hybridized carbons (Fsp3) is 0.250. The number of hydrogen-bond acceptors (Lipinski definition) is 5. The molecule has 0 radical (unpaired) electrons. The Kier molecular flexibility index (Phi) is 3.85. The van der Waals surface area contributed by atoms with E-state index in [0.717, 1.165) is 5.56 Å². The summed E-state index contributed by atoms with van der Waals surface area (Å²) in [4.78, 5) is 12.4. The molecular weight excluding hydrogens is 216 g/mol. The summed E-state index contributed by atoms with van der Waals surface area (Å²) in [5.74, 6) is 1.23. The van der Waals surface area contributed by atoms with E-state index in [9.17, 15) is 0 Å². The first kappa shape index (κ1) is 11.3. The third-order valence-electron chi connectivity index (χ3n) is 2.10. The first-order valence-electron chi connectivity index (χ1n) is 5.46. The first-order valence-corrected chi connectivity index (χ1v) is 5.46. The number of ether oxygens (including phenoxy) is 1. The van der Waals surface area contributed by atoms with Crippen LogP contribution in [-0.4, -0.2) is 21.6 Å². The van der Waals surface area contributed by atoms with Crippen molar-refractivity contribution in [3.8, 4) is 5.88 Å². The van der Waals surface area contributed by atoms with Gasteiger partial charge in [0.25, 0.3) is 0 Å². The van der Waals surface area contributed by atoms with E-state index in [-0.39, 0.29) is 0 Å². The quantitative estimate of drug-likeness (QED) is 0.849. The molecule has 0 saturated heterocycles. The maximum atomic E-state index is 5.27. The summed E-state index contributed by atoms with van der Waals surface area (Å²) in [7, 11) is 0. The Balaban J connectivity index is 1.97. The molecule has 0 atom stereocenters. The van der Waals surface area contributed by atoms with Gasteiger partial charge in [-0.15, -0.1) is 0 Å². The monoisotopic (exact) mass is 230 g/mol. The van der Waals surface area contributed by atoms with Crippen LogP contribution in [0.4, 0.5) is 5.82 Å². The van der Waals surface area contributed by atoms with Gasteiger partial charge < -0.3 is 10.1 Å². The SMILES string of the molecule is CCOc1cncc(NCc2cccnc2)n1. The van der Waals surface area contributed by atoms with E-state index in [1.54, 1.807) is 18.6 Å². The van der Waals surface area contributed by atoms with Crippen molar-refractivity contribution < 1.29 is 4.74 Å². The Labute approximate surface area is 99.9 Å². The molecule has 0 aliphatic heterocycles. The minimum atomic E-state index is 0.531. The maximum absolute atomic E-state index is 5.27. The van der Waals surface area contributed by atoms with E-state index in [1.165, 1.54) is 0 Å². The third kappa shape index (κ3) is 3.41. The van der Waals surface area contributed by atoms with Crippen molar-refractivity contribution in [3.63, 3.8) is 0 Å². The summed E-state index contributed by atoms with van der Waals surface area (Å²) in [5, 5.41) is 3.17.